The first-order chi connectivity index (χ1) is 13.1. The molecule has 1 N–H and O–H groups in total. The second kappa shape index (κ2) is 8.68. The number of likely N-dealkylation sites (tertiary alicyclic amines) is 1. The number of carboxylic acid groups (broad SMARTS) is 1. The summed E-state index contributed by atoms with van der Waals surface area (Å²) >= 11 is 0. The lowest BCUT2D eigenvalue weighted by Crippen LogP contribution is -2.37. The molecule has 0 aliphatic carbocycles. The van der Waals surface area contributed by atoms with E-state index in [1.54, 1.807) is 24.1 Å². The zero-order valence-electron chi connectivity index (χ0n) is 15.2. The van der Waals surface area contributed by atoms with Crippen LogP contribution in [0.2, 0.25) is 0 Å². The largest absolute Gasteiger partial charge is 0.489 e. The monoisotopic (exact) mass is 369 g/mol. The highest BCUT2D eigenvalue weighted by Crippen LogP contribution is 2.26. The van der Waals surface area contributed by atoms with Gasteiger partial charge in [-0.1, -0.05) is 36.4 Å². The summed E-state index contributed by atoms with van der Waals surface area (Å²) in [5.74, 6) is -0.382. The van der Waals surface area contributed by atoms with Gasteiger partial charge in [0.1, 0.15) is 12.4 Å². The van der Waals surface area contributed by atoms with E-state index in [1.165, 1.54) is 0 Å². The molecule has 1 aliphatic heterocycles. The Bertz CT molecular complexity index is 792. The van der Waals surface area contributed by atoms with Crippen LogP contribution in [-0.4, -0.2) is 47.7 Å². The van der Waals surface area contributed by atoms with E-state index in [2.05, 4.69) is 0 Å². The Morgan fingerprint density at radius 2 is 1.81 bits per heavy atom. The number of nitrogens with zero attached hydrogens (tertiary/aromatic N) is 1. The molecule has 1 aliphatic rings. The predicted octanol–water partition coefficient (Wildman–Crippen LogP) is 2.97. The minimum atomic E-state index is -0.921. The topological polar surface area (TPSA) is 76.1 Å². The molecular formula is C21H23NO5. The third kappa shape index (κ3) is 4.65. The van der Waals surface area contributed by atoms with Gasteiger partial charge in [0.2, 0.25) is 0 Å². The molecule has 1 heterocycles. The molecule has 2 aromatic carbocycles. The molecule has 3 rings (SSSR count). The number of methoxy groups -OCH3 is 1. The minimum Gasteiger partial charge on any atom is -0.489 e. The van der Waals surface area contributed by atoms with Gasteiger partial charge in [0.25, 0.3) is 5.91 Å². The highest BCUT2D eigenvalue weighted by atomic mass is 16.5. The van der Waals surface area contributed by atoms with Crippen molar-refractivity contribution in [3.8, 4) is 5.75 Å². The summed E-state index contributed by atoms with van der Waals surface area (Å²) in [4.78, 5) is 26.0. The van der Waals surface area contributed by atoms with Crippen LogP contribution >= 0.6 is 0 Å². The quantitative estimate of drug-likeness (QED) is 0.812. The van der Waals surface area contributed by atoms with Crippen molar-refractivity contribution in [3.63, 3.8) is 0 Å². The highest BCUT2D eigenvalue weighted by molar-refractivity contribution is 5.96. The predicted molar refractivity (Wildman–Crippen MR) is 99.7 cm³/mol. The van der Waals surface area contributed by atoms with Crippen molar-refractivity contribution in [3.05, 3.63) is 65.7 Å². The average Bonchev–Trinajstić information content (AvgIpc) is 3.09. The maximum absolute atomic E-state index is 13.2. The molecule has 1 fully saturated rings. The average molecular weight is 369 g/mol. The van der Waals surface area contributed by atoms with Crippen LogP contribution in [-0.2, 0) is 16.1 Å². The van der Waals surface area contributed by atoms with Crippen LogP contribution in [0.5, 0.6) is 5.75 Å². The number of para-hydroxylation sites is 1. The first-order valence-corrected chi connectivity index (χ1v) is 8.89. The van der Waals surface area contributed by atoms with Crippen molar-refractivity contribution in [2.45, 2.75) is 31.6 Å². The summed E-state index contributed by atoms with van der Waals surface area (Å²) in [7, 11) is 1.58. The fraction of sp³-hybridized carbons (Fsp3) is 0.333. The molecule has 0 bridgehead atoms. The maximum Gasteiger partial charge on any atom is 0.305 e. The minimum absolute atomic E-state index is 0.0890. The van der Waals surface area contributed by atoms with Crippen LogP contribution < -0.4 is 4.74 Å². The van der Waals surface area contributed by atoms with Gasteiger partial charge in [-0.25, -0.2) is 0 Å². The molecule has 1 saturated heterocycles. The second-order valence-electron chi connectivity index (χ2n) is 6.56. The molecule has 2 atom stereocenters. The van der Waals surface area contributed by atoms with Crippen molar-refractivity contribution < 1.29 is 24.2 Å². The molecule has 6 heteroatoms. The lowest BCUT2D eigenvalue weighted by Gasteiger charge is -2.24. The number of aliphatic carboxylic acids is 1. The third-order valence-corrected chi connectivity index (χ3v) is 4.77. The number of hydrogen-bond acceptors (Lipinski definition) is 4. The van der Waals surface area contributed by atoms with E-state index in [1.807, 2.05) is 42.5 Å². The molecule has 0 aromatic heterocycles. The molecule has 2 unspecified atom stereocenters. The van der Waals surface area contributed by atoms with Crippen LogP contribution in [0.4, 0.5) is 0 Å². The van der Waals surface area contributed by atoms with E-state index in [-0.39, 0.29) is 31.1 Å². The van der Waals surface area contributed by atoms with Crippen LogP contribution in [0.3, 0.4) is 0 Å². The standard InChI is InChI=1S/C21H23NO5/c1-26-18-11-16(12-20(23)24)22(13-18)21(25)19-10-6-5-7-15(19)14-27-17-8-3-2-4-9-17/h2-10,16,18H,11-14H2,1H3,(H,23,24). The van der Waals surface area contributed by atoms with E-state index in [0.29, 0.717) is 18.5 Å². The number of benzene rings is 2. The Balaban J connectivity index is 1.78. The summed E-state index contributed by atoms with van der Waals surface area (Å²) in [5.41, 5.74) is 1.29. The molecule has 0 spiro atoms. The maximum atomic E-state index is 13.2. The summed E-state index contributed by atoms with van der Waals surface area (Å²) in [6, 6.07) is 16.3. The Morgan fingerprint density at radius 1 is 1.11 bits per heavy atom. The number of amides is 1. The van der Waals surface area contributed by atoms with Gasteiger partial charge in [-0.05, 0) is 24.6 Å². The number of rotatable bonds is 7. The van der Waals surface area contributed by atoms with Crippen molar-refractivity contribution in [2.75, 3.05) is 13.7 Å². The van der Waals surface area contributed by atoms with E-state index in [0.717, 1.165) is 11.3 Å². The lowest BCUT2D eigenvalue weighted by atomic mass is 10.1. The number of ether oxygens (including phenoxy) is 2. The van der Waals surface area contributed by atoms with E-state index in [9.17, 15) is 9.59 Å². The highest BCUT2D eigenvalue weighted by Gasteiger charge is 2.37. The normalized spacial score (nSPS) is 19.1. The van der Waals surface area contributed by atoms with Gasteiger partial charge in [0.15, 0.2) is 0 Å². The zero-order valence-corrected chi connectivity index (χ0v) is 15.2. The molecule has 0 saturated carbocycles. The molecule has 1 amide bonds. The number of carboxylic acids is 1. The Hall–Kier alpha value is -2.86. The van der Waals surface area contributed by atoms with Gasteiger partial charge >= 0.3 is 5.97 Å². The third-order valence-electron chi connectivity index (χ3n) is 4.77. The molecule has 0 radical (unpaired) electrons. The fourth-order valence-electron chi connectivity index (χ4n) is 3.38. The van der Waals surface area contributed by atoms with Gasteiger partial charge in [-0.3, -0.25) is 9.59 Å². The summed E-state index contributed by atoms with van der Waals surface area (Å²) < 4.78 is 11.2. The van der Waals surface area contributed by atoms with Gasteiger partial charge in [-0.2, -0.15) is 0 Å². The first-order valence-electron chi connectivity index (χ1n) is 8.89. The smallest absolute Gasteiger partial charge is 0.305 e. The number of carbonyl (C=O) groups excluding carboxylic acids is 1. The van der Waals surface area contributed by atoms with E-state index < -0.39 is 5.97 Å². The SMILES string of the molecule is COC1CC(CC(=O)O)N(C(=O)c2ccccc2COc2ccccc2)C1. The molecule has 2 aromatic rings. The Kier molecular flexibility index (Phi) is 6.08. The van der Waals surface area contributed by atoms with Gasteiger partial charge in [0.05, 0.1) is 12.5 Å². The van der Waals surface area contributed by atoms with Gasteiger partial charge in [0, 0.05) is 30.8 Å². The van der Waals surface area contributed by atoms with Crippen LogP contribution in [0.15, 0.2) is 54.6 Å². The first kappa shape index (κ1) is 18.9. The fourth-order valence-corrected chi connectivity index (χ4v) is 3.38. The molecular weight excluding hydrogens is 346 g/mol. The second-order valence-corrected chi connectivity index (χ2v) is 6.56. The van der Waals surface area contributed by atoms with E-state index in [4.69, 9.17) is 14.6 Å². The number of hydrogen-bond donors (Lipinski definition) is 1. The van der Waals surface area contributed by atoms with Crippen molar-refractivity contribution >= 4 is 11.9 Å². The Labute approximate surface area is 158 Å². The van der Waals surface area contributed by atoms with Crippen molar-refractivity contribution in [1.82, 2.24) is 4.90 Å². The summed E-state index contributed by atoms with van der Waals surface area (Å²) in [6.07, 6.45) is 0.289. The zero-order chi connectivity index (χ0) is 19.2. The Morgan fingerprint density at radius 3 is 2.52 bits per heavy atom. The van der Waals surface area contributed by atoms with Gasteiger partial charge in [-0.15, -0.1) is 0 Å². The van der Waals surface area contributed by atoms with Crippen LogP contribution in [0, 0.1) is 0 Å². The van der Waals surface area contributed by atoms with Crippen LogP contribution in [0.25, 0.3) is 0 Å². The van der Waals surface area contributed by atoms with Crippen molar-refractivity contribution in [2.24, 2.45) is 0 Å². The lowest BCUT2D eigenvalue weighted by molar-refractivity contribution is -0.137. The van der Waals surface area contributed by atoms with Crippen molar-refractivity contribution in [1.29, 1.82) is 0 Å². The summed E-state index contributed by atoms with van der Waals surface area (Å²) in [6.45, 7) is 0.651. The molecule has 6 nitrogen and oxygen atoms in total. The van der Waals surface area contributed by atoms with E-state index >= 15 is 0 Å². The molecule has 142 valence electrons. The van der Waals surface area contributed by atoms with Gasteiger partial charge < -0.3 is 19.5 Å². The summed E-state index contributed by atoms with van der Waals surface area (Å²) in [5, 5.41) is 9.17. The molecule has 27 heavy (non-hydrogen) atoms. The van der Waals surface area contributed by atoms with Crippen LogP contribution in [0.1, 0.15) is 28.8 Å². The number of carbonyl (C=O) groups is 2.